The molecule has 0 saturated carbocycles. The molecule has 2 heterocycles. The number of ether oxygens (including phenoxy) is 1. The average molecular weight is 402 g/mol. The van der Waals surface area contributed by atoms with Crippen molar-refractivity contribution in [2.45, 2.75) is 24.3 Å². The molecule has 150 valence electrons. The van der Waals surface area contributed by atoms with Gasteiger partial charge in [0, 0.05) is 50.9 Å². The van der Waals surface area contributed by atoms with Crippen molar-refractivity contribution in [2.75, 3.05) is 44.2 Å². The number of benzene rings is 2. The van der Waals surface area contributed by atoms with Crippen LogP contribution in [0, 0.1) is 0 Å². The molecule has 6 nitrogen and oxygen atoms in total. The number of para-hydroxylation sites is 1. The fourth-order valence-corrected chi connectivity index (χ4v) is 5.00. The molecule has 0 amide bonds. The molecule has 1 fully saturated rings. The Bertz CT molecular complexity index is 910. The number of piperazine rings is 1. The quantitative estimate of drug-likeness (QED) is 0.803. The number of hydrogen-bond donors (Lipinski definition) is 1. The maximum absolute atomic E-state index is 12.7. The Kier molecular flexibility index (Phi) is 5.57. The number of hydrogen-bond acceptors (Lipinski definition) is 5. The molecule has 7 heteroatoms. The predicted molar refractivity (Wildman–Crippen MR) is 111 cm³/mol. The van der Waals surface area contributed by atoms with Gasteiger partial charge in [-0.15, -0.1) is 0 Å². The first kappa shape index (κ1) is 19.2. The van der Waals surface area contributed by atoms with Gasteiger partial charge in [-0.1, -0.05) is 18.2 Å². The van der Waals surface area contributed by atoms with E-state index in [1.807, 2.05) is 6.07 Å². The molecule has 0 radical (unpaired) electrons. The molecule has 2 aromatic rings. The second-order valence-electron chi connectivity index (χ2n) is 7.43. The molecular formula is C21H27N3O3S. The molecule has 4 rings (SSSR count). The van der Waals surface area contributed by atoms with Gasteiger partial charge in [0.05, 0.1) is 11.5 Å². The molecule has 1 unspecified atom stereocenters. The molecule has 1 atom stereocenters. The SMILES string of the molecule is CC(CNS(=O)(=O)c1ccc2c(c1)CCO2)N1CCN(c2ccccc2)CC1. The fraction of sp³-hybridized carbons (Fsp3) is 0.429. The number of anilines is 1. The van der Waals surface area contributed by atoms with E-state index in [2.05, 4.69) is 45.7 Å². The summed E-state index contributed by atoms with van der Waals surface area (Å²) in [6.07, 6.45) is 0.765. The van der Waals surface area contributed by atoms with Crippen molar-refractivity contribution in [1.82, 2.24) is 9.62 Å². The van der Waals surface area contributed by atoms with Gasteiger partial charge in [0.15, 0.2) is 0 Å². The second kappa shape index (κ2) is 8.11. The molecule has 0 bridgehead atoms. The smallest absolute Gasteiger partial charge is 0.240 e. The van der Waals surface area contributed by atoms with Crippen molar-refractivity contribution in [3.63, 3.8) is 0 Å². The van der Waals surface area contributed by atoms with Crippen LogP contribution in [0.25, 0.3) is 0 Å². The minimum Gasteiger partial charge on any atom is -0.493 e. The number of nitrogens with zero attached hydrogens (tertiary/aromatic N) is 2. The third-order valence-corrected chi connectivity index (χ3v) is 7.02. The summed E-state index contributed by atoms with van der Waals surface area (Å²) < 4.78 is 33.6. The summed E-state index contributed by atoms with van der Waals surface area (Å²) in [5.74, 6) is 0.795. The van der Waals surface area contributed by atoms with E-state index < -0.39 is 10.0 Å². The van der Waals surface area contributed by atoms with Crippen LogP contribution in [0.15, 0.2) is 53.4 Å². The first-order valence-corrected chi connectivity index (χ1v) is 11.3. The molecule has 2 aromatic carbocycles. The summed E-state index contributed by atoms with van der Waals surface area (Å²) in [5.41, 5.74) is 2.21. The zero-order valence-corrected chi connectivity index (χ0v) is 17.0. The minimum absolute atomic E-state index is 0.144. The lowest BCUT2D eigenvalue weighted by atomic mass is 10.2. The highest BCUT2D eigenvalue weighted by Crippen LogP contribution is 2.27. The van der Waals surface area contributed by atoms with Gasteiger partial charge in [-0.2, -0.15) is 0 Å². The van der Waals surface area contributed by atoms with E-state index in [0.29, 0.717) is 18.0 Å². The Morgan fingerprint density at radius 1 is 1.07 bits per heavy atom. The first-order chi connectivity index (χ1) is 13.5. The van der Waals surface area contributed by atoms with E-state index >= 15 is 0 Å². The molecule has 2 aliphatic rings. The minimum atomic E-state index is -3.51. The summed E-state index contributed by atoms with van der Waals surface area (Å²) in [7, 11) is -3.51. The third kappa shape index (κ3) is 4.16. The highest BCUT2D eigenvalue weighted by Gasteiger charge is 2.24. The molecule has 2 aliphatic heterocycles. The number of nitrogens with one attached hydrogen (secondary N) is 1. The number of sulfonamides is 1. The fourth-order valence-electron chi connectivity index (χ4n) is 3.83. The third-order valence-electron chi connectivity index (χ3n) is 5.60. The van der Waals surface area contributed by atoms with Crippen LogP contribution < -0.4 is 14.4 Å². The van der Waals surface area contributed by atoms with Crippen molar-refractivity contribution in [3.8, 4) is 5.75 Å². The second-order valence-corrected chi connectivity index (χ2v) is 9.19. The van der Waals surface area contributed by atoms with Gasteiger partial charge in [-0.25, -0.2) is 13.1 Å². The summed E-state index contributed by atoms with van der Waals surface area (Å²) >= 11 is 0. The van der Waals surface area contributed by atoms with E-state index in [9.17, 15) is 8.42 Å². The highest BCUT2D eigenvalue weighted by molar-refractivity contribution is 7.89. The van der Waals surface area contributed by atoms with Crippen molar-refractivity contribution in [1.29, 1.82) is 0 Å². The zero-order valence-electron chi connectivity index (χ0n) is 16.2. The molecule has 28 heavy (non-hydrogen) atoms. The van der Waals surface area contributed by atoms with Gasteiger partial charge in [0.25, 0.3) is 0 Å². The van der Waals surface area contributed by atoms with Gasteiger partial charge >= 0.3 is 0 Å². The van der Waals surface area contributed by atoms with Crippen LogP contribution in [0.1, 0.15) is 12.5 Å². The summed E-state index contributed by atoms with van der Waals surface area (Å²) in [5, 5.41) is 0. The van der Waals surface area contributed by atoms with E-state index in [1.165, 1.54) is 5.69 Å². The van der Waals surface area contributed by atoms with Crippen molar-refractivity contribution < 1.29 is 13.2 Å². The van der Waals surface area contributed by atoms with Gasteiger partial charge in [0.1, 0.15) is 5.75 Å². The van der Waals surface area contributed by atoms with E-state index in [-0.39, 0.29) is 6.04 Å². The van der Waals surface area contributed by atoms with Crippen LogP contribution in [-0.4, -0.2) is 58.7 Å². The number of rotatable bonds is 6. The Morgan fingerprint density at radius 3 is 2.57 bits per heavy atom. The van der Waals surface area contributed by atoms with E-state index in [1.54, 1.807) is 18.2 Å². The summed E-state index contributed by atoms with van der Waals surface area (Å²) in [6, 6.07) is 15.7. The van der Waals surface area contributed by atoms with Crippen LogP contribution in [0.4, 0.5) is 5.69 Å². The molecular weight excluding hydrogens is 374 g/mol. The van der Waals surface area contributed by atoms with Gasteiger partial charge < -0.3 is 9.64 Å². The Balaban J connectivity index is 1.31. The monoisotopic (exact) mass is 401 g/mol. The van der Waals surface area contributed by atoms with Gasteiger partial charge in [-0.3, -0.25) is 4.90 Å². The van der Waals surface area contributed by atoms with Gasteiger partial charge in [-0.05, 0) is 42.8 Å². The average Bonchev–Trinajstić information content (AvgIpc) is 3.21. The Labute approximate surface area is 167 Å². The Morgan fingerprint density at radius 2 is 1.82 bits per heavy atom. The largest absolute Gasteiger partial charge is 0.493 e. The highest BCUT2D eigenvalue weighted by atomic mass is 32.2. The van der Waals surface area contributed by atoms with Crippen LogP contribution >= 0.6 is 0 Å². The maximum Gasteiger partial charge on any atom is 0.240 e. The van der Waals surface area contributed by atoms with Crippen LogP contribution in [0.2, 0.25) is 0 Å². The van der Waals surface area contributed by atoms with Crippen molar-refractivity contribution in [3.05, 3.63) is 54.1 Å². The predicted octanol–water partition coefficient (Wildman–Crippen LogP) is 2.11. The van der Waals surface area contributed by atoms with Gasteiger partial charge in [0.2, 0.25) is 10.0 Å². The molecule has 0 aromatic heterocycles. The van der Waals surface area contributed by atoms with Crippen LogP contribution in [0.3, 0.4) is 0 Å². The van der Waals surface area contributed by atoms with E-state index in [4.69, 9.17) is 4.74 Å². The lowest BCUT2D eigenvalue weighted by molar-refractivity contribution is 0.198. The molecule has 1 N–H and O–H groups in total. The van der Waals surface area contributed by atoms with Crippen LogP contribution in [0.5, 0.6) is 5.75 Å². The topological polar surface area (TPSA) is 61.9 Å². The lowest BCUT2D eigenvalue weighted by Crippen LogP contribution is -2.52. The maximum atomic E-state index is 12.7. The molecule has 1 saturated heterocycles. The van der Waals surface area contributed by atoms with E-state index in [0.717, 1.165) is 43.9 Å². The van der Waals surface area contributed by atoms with Crippen LogP contribution in [-0.2, 0) is 16.4 Å². The lowest BCUT2D eigenvalue weighted by Gasteiger charge is -2.39. The number of fused-ring (bicyclic) bond motifs is 1. The van der Waals surface area contributed by atoms with Crippen molar-refractivity contribution >= 4 is 15.7 Å². The molecule has 0 spiro atoms. The molecule has 0 aliphatic carbocycles. The summed E-state index contributed by atoms with van der Waals surface area (Å²) in [4.78, 5) is 5.04. The Hall–Kier alpha value is -2.09. The van der Waals surface area contributed by atoms with Crippen molar-refractivity contribution in [2.24, 2.45) is 0 Å². The standard InChI is InChI=1S/C21H27N3O3S/c1-17(23-10-12-24(13-11-23)19-5-3-2-4-6-19)16-22-28(25,26)20-7-8-21-18(15-20)9-14-27-21/h2-8,15,17,22H,9-14,16H2,1H3. The summed E-state index contributed by atoms with van der Waals surface area (Å²) in [6.45, 7) is 6.86. The zero-order chi connectivity index (χ0) is 19.6. The first-order valence-electron chi connectivity index (χ1n) is 9.82. The normalized spacial score (nSPS) is 18.5.